The fourth-order valence-corrected chi connectivity index (χ4v) is 0.822. The summed E-state index contributed by atoms with van der Waals surface area (Å²) in [6.45, 7) is 2.16. The van der Waals surface area contributed by atoms with Gasteiger partial charge in [0, 0.05) is 0 Å². The van der Waals surface area contributed by atoms with E-state index in [0.717, 1.165) is 5.69 Å². The third-order valence-corrected chi connectivity index (χ3v) is 1.66. The molecule has 0 aliphatic heterocycles. The van der Waals surface area contributed by atoms with E-state index in [-0.39, 0.29) is 11.8 Å². The Morgan fingerprint density at radius 2 is 2.58 bits per heavy atom. The molecule has 5 heteroatoms. The molecular formula is C7H9ClN2O2. The zero-order valence-corrected chi connectivity index (χ0v) is 7.39. The van der Waals surface area contributed by atoms with Gasteiger partial charge in [0.25, 0.3) is 0 Å². The summed E-state index contributed by atoms with van der Waals surface area (Å²) in [6.07, 6.45) is 1.34. The zero-order chi connectivity index (χ0) is 8.97. The summed E-state index contributed by atoms with van der Waals surface area (Å²) in [5.41, 5.74) is 0.730. The number of nitrogens with one attached hydrogen (secondary N) is 1. The fourth-order valence-electron chi connectivity index (χ4n) is 0.728. The molecule has 1 rings (SSSR count). The van der Waals surface area contributed by atoms with E-state index in [1.54, 1.807) is 6.92 Å². The van der Waals surface area contributed by atoms with Gasteiger partial charge in [-0.25, -0.2) is 4.98 Å². The van der Waals surface area contributed by atoms with Gasteiger partial charge < -0.3 is 9.73 Å². The lowest BCUT2D eigenvalue weighted by Crippen LogP contribution is -2.24. The number of alkyl halides is 1. The van der Waals surface area contributed by atoms with E-state index in [2.05, 4.69) is 10.3 Å². The molecule has 0 spiro atoms. The van der Waals surface area contributed by atoms with Crippen molar-refractivity contribution in [3.8, 4) is 0 Å². The summed E-state index contributed by atoms with van der Waals surface area (Å²) < 4.78 is 4.94. The molecule has 1 heterocycles. The highest BCUT2D eigenvalue weighted by molar-refractivity contribution is 6.27. The summed E-state index contributed by atoms with van der Waals surface area (Å²) in [5, 5.41) is 2.58. The Balaban J connectivity index is 2.43. The number of nitrogens with zero attached hydrogens (tertiary/aromatic N) is 1. The third kappa shape index (κ3) is 2.23. The van der Waals surface area contributed by atoms with Gasteiger partial charge in [-0.15, -0.1) is 11.6 Å². The first kappa shape index (κ1) is 9.06. The third-order valence-electron chi connectivity index (χ3n) is 1.42. The van der Waals surface area contributed by atoms with E-state index in [1.807, 2.05) is 0 Å². The monoisotopic (exact) mass is 188 g/mol. The number of oxazole rings is 1. The van der Waals surface area contributed by atoms with Crippen molar-refractivity contribution >= 4 is 17.5 Å². The van der Waals surface area contributed by atoms with Crippen LogP contribution in [0.25, 0.3) is 0 Å². The van der Waals surface area contributed by atoms with Crippen LogP contribution < -0.4 is 5.32 Å². The van der Waals surface area contributed by atoms with E-state index in [4.69, 9.17) is 16.0 Å². The van der Waals surface area contributed by atoms with Gasteiger partial charge in [0.15, 0.2) is 6.39 Å². The largest absolute Gasteiger partial charge is 0.448 e. The number of hydrogen-bond donors (Lipinski definition) is 1. The zero-order valence-electron chi connectivity index (χ0n) is 6.63. The van der Waals surface area contributed by atoms with Crippen molar-refractivity contribution in [3.63, 3.8) is 0 Å². The molecule has 0 radical (unpaired) electrons. The number of rotatable bonds is 3. The minimum Gasteiger partial charge on any atom is -0.448 e. The summed E-state index contributed by atoms with van der Waals surface area (Å²) in [5.74, 6) is 0.473. The first-order chi connectivity index (χ1) is 5.74. The number of hydrogen-bond acceptors (Lipinski definition) is 3. The second kappa shape index (κ2) is 4.11. The summed E-state index contributed by atoms with van der Waals surface area (Å²) in [6, 6.07) is 0. The molecule has 0 saturated carbocycles. The number of halogens is 1. The highest BCUT2D eigenvalue weighted by atomic mass is 35.5. The Hall–Kier alpha value is -1.03. The van der Waals surface area contributed by atoms with Gasteiger partial charge >= 0.3 is 0 Å². The van der Waals surface area contributed by atoms with E-state index < -0.39 is 0 Å². The van der Waals surface area contributed by atoms with E-state index in [0.29, 0.717) is 12.3 Å². The second-order valence-electron chi connectivity index (χ2n) is 2.27. The predicted molar refractivity (Wildman–Crippen MR) is 43.8 cm³/mol. The SMILES string of the molecule is Cc1ocnc1CNC(=O)CCl. The lowest BCUT2D eigenvalue weighted by molar-refractivity contribution is -0.118. The normalized spacial score (nSPS) is 9.83. The van der Waals surface area contributed by atoms with Gasteiger partial charge in [-0.1, -0.05) is 0 Å². The van der Waals surface area contributed by atoms with Crippen molar-refractivity contribution in [3.05, 3.63) is 17.8 Å². The molecule has 66 valence electrons. The molecule has 12 heavy (non-hydrogen) atoms. The van der Waals surface area contributed by atoms with Crippen LogP contribution in [0.4, 0.5) is 0 Å². The summed E-state index contributed by atoms with van der Waals surface area (Å²) in [7, 11) is 0. The number of aryl methyl sites for hydroxylation is 1. The minimum atomic E-state index is -0.209. The highest BCUT2D eigenvalue weighted by Gasteiger charge is 2.04. The minimum absolute atomic E-state index is 0.0309. The van der Waals surface area contributed by atoms with Crippen molar-refractivity contribution in [2.75, 3.05) is 5.88 Å². The number of aromatic nitrogens is 1. The topological polar surface area (TPSA) is 55.1 Å². The average Bonchev–Trinajstić information content (AvgIpc) is 2.47. The Bertz CT molecular complexity index is 272. The van der Waals surface area contributed by atoms with Gasteiger partial charge in [-0.05, 0) is 6.92 Å². The Kier molecular flexibility index (Phi) is 3.10. The van der Waals surface area contributed by atoms with Gasteiger partial charge in [0.1, 0.15) is 17.3 Å². The van der Waals surface area contributed by atoms with Crippen LogP contribution in [0.3, 0.4) is 0 Å². The van der Waals surface area contributed by atoms with Crippen LogP contribution in [-0.4, -0.2) is 16.8 Å². The summed E-state index contributed by atoms with van der Waals surface area (Å²) >= 11 is 5.28. The second-order valence-corrected chi connectivity index (χ2v) is 2.53. The van der Waals surface area contributed by atoms with Crippen LogP contribution in [-0.2, 0) is 11.3 Å². The maximum Gasteiger partial charge on any atom is 0.235 e. The van der Waals surface area contributed by atoms with Crippen molar-refractivity contribution in [2.45, 2.75) is 13.5 Å². The first-order valence-corrected chi connectivity index (χ1v) is 3.99. The molecule has 4 nitrogen and oxygen atoms in total. The number of amides is 1. The first-order valence-electron chi connectivity index (χ1n) is 3.45. The van der Waals surface area contributed by atoms with Crippen molar-refractivity contribution in [1.82, 2.24) is 10.3 Å². The lowest BCUT2D eigenvalue weighted by atomic mass is 10.3. The molecule has 0 bridgehead atoms. The van der Waals surface area contributed by atoms with E-state index in [1.165, 1.54) is 6.39 Å². The highest BCUT2D eigenvalue weighted by Crippen LogP contribution is 2.02. The van der Waals surface area contributed by atoms with Gasteiger partial charge in [0.2, 0.25) is 5.91 Å². The molecule has 0 atom stereocenters. The van der Waals surface area contributed by atoms with Crippen molar-refractivity contribution in [2.24, 2.45) is 0 Å². The van der Waals surface area contributed by atoms with Crippen LogP contribution >= 0.6 is 11.6 Å². The number of carbonyl (C=O) groups excluding carboxylic acids is 1. The van der Waals surface area contributed by atoms with Gasteiger partial charge in [-0.2, -0.15) is 0 Å². The smallest absolute Gasteiger partial charge is 0.235 e. The Morgan fingerprint density at radius 3 is 3.08 bits per heavy atom. The summed E-state index contributed by atoms with van der Waals surface area (Å²) in [4.78, 5) is 14.6. The fraction of sp³-hybridized carbons (Fsp3) is 0.429. The lowest BCUT2D eigenvalue weighted by Gasteiger charge is -1.98. The van der Waals surface area contributed by atoms with Crippen LogP contribution in [0.1, 0.15) is 11.5 Å². The molecule has 0 aromatic carbocycles. The Morgan fingerprint density at radius 1 is 1.83 bits per heavy atom. The van der Waals surface area contributed by atoms with Gasteiger partial charge in [-0.3, -0.25) is 4.79 Å². The van der Waals surface area contributed by atoms with Gasteiger partial charge in [0.05, 0.1) is 6.54 Å². The standard InChI is InChI=1S/C7H9ClN2O2/c1-5-6(10-4-12-5)3-9-7(11)2-8/h4H,2-3H2,1H3,(H,9,11). The molecule has 0 fully saturated rings. The van der Waals surface area contributed by atoms with Crippen LogP contribution in [0.15, 0.2) is 10.8 Å². The number of carbonyl (C=O) groups is 1. The predicted octanol–water partition coefficient (Wildman–Crippen LogP) is 0.838. The molecule has 0 aliphatic rings. The molecule has 0 aliphatic carbocycles. The molecule has 0 saturated heterocycles. The quantitative estimate of drug-likeness (QED) is 0.716. The van der Waals surface area contributed by atoms with Crippen LogP contribution in [0, 0.1) is 6.92 Å². The average molecular weight is 189 g/mol. The molecule has 1 aromatic heterocycles. The van der Waals surface area contributed by atoms with Crippen LogP contribution in [0.5, 0.6) is 0 Å². The van der Waals surface area contributed by atoms with E-state index >= 15 is 0 Å². The maximum atomic E-state index is 10.7. The molecular weight excluding hydrogens is 180 g/mol. The molecule has 1 aromatic rings. The van der Waals surface area contributed by atoms with Crippen molar-refractivity contribution < 1.29 is 9.21 Å². The van der Waals surface area contributed by atoms with E-state index in [9.17, 15) is 4.79 Å². The molecule has 1 N–H and O–H groups in total. The molecule has 0 unspecified atom stereocenters. The van der Waals surface area contributed by atoms with Crippen LogP contribution in [0.2, 0.25) is 0 Å². The van der Waals surface area contributed by atoms with Crippen molar-refractivity contribution in [1.29, 1.82) is 0 Å². The molecule has 1 amide bonds. The Labute approximate surface area is 74.9 Å². The maximum absolute atomic E-state index is 10.7.